The van der Waals surface area contributed by atoms with Gasteiger partial charge in [-0.15, -0.1) is 0 Å². The van der Waals surface area contributed by atoms with Gasteiger partial charge in [0.25, 0.3) is 0 Å². The number of aromatic nitrogens is 2. The molecule has 2 amide bonds. The van der Waals surface area contributed by atoms with Gasteiger partial charge in [0.2, 0.25) is 0 Å². The normalized spacial score (nSPS) is 16.4. The summed E-state index contributed by atoms with van der Waals surface area (Å²) in [5.41, 5.74) is 1.91. The van der Waals surface area contributed by atoms with Crippen molar-refractivity contribution in [3.05, 3.63) is 48.5 Å². The fourth-order valence-electron chi connectivity index (χ4n) is 3.33. The van der Waals surface area contributed by atoms with Crippen molar-refractivity contribution in [2.24, 2.45) is 0 Å². The molecule has 6 heteroatoms. The van der Waals surface area contributed by atoms with Gasteiger partial charge in [0.05, 0.1) is 11.9 Å². The average molecular weight is 342 g/mol. The Morgan fingerprint density at radius 3 is 2.60 bits per heavy atom. The van der Waals surface area contributed by atoms with Crippen LogP contribution in [0.3, 0.4) is 0 Å². The van der Waals surface area contributed by atoms with E-state index in [4.69, 9.17) is 4.74 Å². The predicted molar refractivity (Wildman–Crippen MR) is 96.6 cm³/mol. The van der Waals surface area contributed by atoms with Gasteiger partial charge in [-0.25, -0.2) is 9.78 Å². The van der Waals surface area contributed by atoms with E-state index in [2.05, 4.69) is 15.6 Å². The van der Waals surface area contributed by atoms with Crippen molar-refractivity contribution in [2.75, 3.05) is 13.7 Å². The Hall–Kier alpha value is -2.34. The molecule has 0 bridgehead atoms. The van der Waals surface area contributed by atoms with E-state index < -0.39 is 0 Å². The lowest BCUT2D eigenvalue weighted by molar-refractivity contribution is -0.0355. The second-order valence-electron chi connectivity index (χ2n) is 6.62. The lowest BCUT2D eigenvalue weighted by Crippen LogP contribution is -2.48. The molecule has 1 aromatic carbocycles. The Bertz CT molecular complexity index is 661. The molecular formula is C19H26N4O2. The first-order valence-corrected chi connectivity index (χ1v) is 8.85. The summed E-state index contributed by atoms with van der Waals surface area (Å²) in [7, 11) is 1.74. The van der Waals surface area contributed by atoms with E-state index in [1.54, 1.807) is 19.6 Å². The Labute approximate surface area is 148 Å². The average Bonchev–Trinajstić information content (AvgIpc) is 3.21. The predicted octanol–water partition coefficient (Wildman–Crippen LogP) is 3.02. The van der Waals surface area contributed by atoms with Crippen LogP contribution < -0.4 is 10.6 Å². The third kappa shape index (κ3) is 4.60. The number of nitrogens with zero attached hydrogens (tertiary/aromatic N) is 2. The van der Waals surface area contributed by atoms with Gasteiger partial charge in [-0.05, 0) is 30.5 Å². The van der Waals surface area contributed by atoms with Crippen molar-refractivity contribution in [1.29, 1.82) is 0 Å². The maximum absolute atomic E-state index is 12.1. The monoisotopic (exact) mass is 342 g/mol. The molecule has 0 atom stereocenters. The number of urea groups is 1. The number of hydrogen-bond acceptors (Lipinski definition) is 3. The second-order valence-corrected chi connectivity index (χ2v) is 6.62. The highest BCUT2D eigenvalue weighted by Crippen LogP contribution is 2.30. The van der Waals surface area contributed by atoms with Gasteiger partial charge in [0, 0.05) is 38.3 Å². The van der Waals surface area contributed by atoms with Crippen LogP contribution >= 0.6 is 0 Å². The zero-order valence-corrected chi connectivity index (χ0v) is 14.7. The van der Waals surface area contributed by atoms with Crippen molar-refractivity contribution in [3.63, 3.8) is 0 Å². The number of hydrogen-bond donors (Lipinski definition) is 2. The number of imidazole rings is 1. The molecule has 0 spiro atoms. The summed E-state index contributed by atoms with van der Waals surface area (Å²) in [5, 5.41) is 5.87. The van der Waals surface area contributed by atoms with Gasteiger partial charge in [0.15, 0.2) is 0 Å². The molecule has 134 valence electrons. The summed E-state index contributed by atoms with van der Waals surface area (Å²) in [6.07, 6.45) is 11.0. The van der Waals surface area contributed by atoms with Crippen molar-refractivity contribution in [1.82, 2.24) is 20.2 Å². The molecule has 1 fully saturated rings. The summed E-state index contributed by atoms with van der Waals surface area (Å²) >= 11 is 0. The lowest BCUT2D eigenvalue weighted by atomic mass is 9.84. The first-order chi connectivity index (χ1) is 12.2. The lowest BCUT2D eigenvalue weighted by Gasteiger charge is -2.36. The summed E-state index contributed by atoms with van der Waals surface area (Å²) < 4.78 is 7.63. The molecule has 25 heavy (non-hydrogen) atoms. The Morgan fingerprint density at radius 1 is 1.20 bits per heavy atom. The molecule has 0 saturated heterocycles. The molecule has 1 aromatic heterocycles. The first kappa shape index (κ1) is 17.5. The summed E-state index contributed by atoms with van der Waals surface area (Å²) in [6, 6.07) is 7.89. The molecule has 1 aliphatic rings. The Kier molecular flexibility index (Phi) is 5.71. The van der Waals surface area contributed by atoms with E-state index in [1.165, 1.54) is 19.3 Å². The van der Waals surface area contributed by atoms with Crippen molar-refractivity contribution < 1.29 is 9.53 Å². The molecule has 1 heterocycles. The van der Waals surface area contributed by atoms with Gasteiger partial charge >= 0.3 is 6.03 Å². The Balaban J connectivity index is 1.45. The summed E-state index contributed by atoms with van der Waals surface area (Å²) in [4.78, 5) is 16.1. The van der Waals surface area contributed by atoms with E-state index in [0.29, 0.717) is 13.1 Å². The van der Waals surface area contributed by atoms with Crippen LogP contribution in [0.5, 0.6) is 0 Å². The molecule has 0 aliphatic heterocycles. The zero-order valence-electron chi connectivity index (χ0n) is 14.7. The molecular weight excluding hydrogens is 316 g/mol. The van der Waals surface area contributed by atoms with Crippen LogP contribution in [0.1, 0.15) is 37.7 Å². The number of nitrogens with one attached hydrogen (secondary N) is 2. The molecule has 0 radical (unpaired) electrons. The quantitative estimate of drug-likeness (QED) is 0.848. The third-order valence-corrected chi connectivity index (χ3v) is 4.96. The van der Waals surface area contributed by atoms with E-state index in [9.17, 15) is 4.79 Å². The fraction of sp³-hybridized carbons (Fsp3) is 0.474. The van der Waals surface area contributed by atoms with Gasteiger partial charge in [-0.2, -0.15) is 0 Å². The molecule has 6 nitrogen and oxygen atoms in total. The molecule has 1 saturated carbocycles. The van der Waals surface area contributed by atoms with Crippen LogP contribution in [-0.4, -0.2) is 34.8 Å². The Morgan fingerprint density at radius 2 is 1.96 bits per heavy atom. The topological polar surface area (TPSA) is 68.2 Å². The van der Waals surface area contributed by atoms with Crippen LogP contribution in [0, 0.1) is 0 Å². The van der Waals surface area contributed by atoms with Crippen LogP contribution in [-0.2, 0) is 11.3 Å². The minimum absolute atomic E-state index is 0.152. The largest absolute Gasteiger partial charge is 0.376 e. The molecule has 1 aliphatic carbocycles. The van der Waals surface area contributed by atoms with Crippen LogP contribution in [0.2, 0.25) is 0 Å². The first-order valence-electron chi connectivity index (χ1n) is 8.85. The van der Waals surface area contributed by atoms with Crippen molar-refractivity contribution in [2.45, 2.75) is 44.2 Å². The highest BCUT2D eigenvalue weighted by molar-refractivity contribution is 5.73. The minimum Gasteiger partial charge on any atom is -0.376 e. The molecule has 0 unspecified atom stereocenters. The van der Waals surface area contributed by atoms with Gasteiger partial charge in [-0.3, -0.25) is 0 Å². The van der Waals surface area contributed by atoms with Crippen LogP contribution in [0.15, 0.2) is 43.0 Å². The molecule has 3 rings (SSSR count). The number of amides is 2. The van der Waals surface area contributed by atoms with E-state index in [1.807, 2.05) is 35.0 Å². The highest BCUT2D eigenvalue weighted by Gasteiger charge is 2.32. The number of benzene rings is 1. The van der Waals surface area contributed by atoms with E-state index in [-0.39, 0.29) is 11.6 Å². The number of carbonyl (C=O) groups excluding carboxylic acids is 1. The zero-order chi connectivity index (χ0) is 17.5. The smallest absolute Gasteiger partial charge is 0.315 e. The van der Waals surface area contributed by atoms with E-state index >= 15 is 0 Å². The van der Waals surface area contributed by atoms with Crippen LogP contribution in [0.4, 0.5) is 4.79 Å². The molecule has 2 N–H and O–H groups in total. The maximum Gasteiger partial charge on any atom is 0.315 e. The van der Waals surface area contributed by atoms with Gasteiger partial charge in [0.1, 0.15) is 0 Å². The minimum atomic E-state index is -0.192. The van der Waals surface area contributed by atoms with Crippen molar-refractivity contribution >= 4 is 6.03 Å². The van der Waals surface area contributed by atoms with Gasteiger partial charge in [-0.1, -0.05) is 31.4 Å². The number of carbonyl (C=O) groups is 1. The molecule has 2 aromatic rings. The van der Waals surface area contributed by atoms with Gasteiger partial charge < -0.3 is 19.9 Å². The highest BCUT2D eigenvalue weighted by atomic mass is 16.5. The van der Waals surface area contributed by atoms with Crippen molar-refractivity contribution in [3.8, 4) is 5.69 Å². The summed E-state index contributed by atoms with van der Waals surface area (Å²) in [5.74, 6) is 0. The number of methoxy groups -OCH3 is 1. The third-order valence-electron chi connectivity index (χ3n) is 4.96. The van der Waals surface area contributed by atoms with E-state index in [0.717, 1.165) is 24.1 Å². The fourth-order valence-corrected chi connectivity index (χ4v) is 3.33. The number of ether oxygens (including phenoxy) is 1. The standard InChI is InChI=1S/C19H26N4O2/c1-25-19(9-3-2-4-10-19)14-22-18(24)21-13-16-5-7-17(8-6-16)23-12-11-20-15-23/h5-8,11-12,15H,2-4,9-10,13-14H2,1H3,(H2,21,22,24). The second kappa shape index (κ2) is 8.16. The SMILES string of the molecule is COC1(CNC(=O)NCc2ccc(-n3ccnc3)cc2)CCCCC1. The summed E-state index contributed by atoms with van der Waals surface area (Å²) in [6.45, 7) is 1.06. The van der Waals surface area contributed by atoms with Crippen LogP contribution in [0.25, 0.3) is 5.69 Å². The maximum atomic E-state index is 12.1. The number of rotatable bonds is 6.